The summed E-state index contributed by atoms with van der Waals surface area (Å²) in [5, 5.41) is 2.89. The molecule has 1 rings (SSSR count). The third-order valence-electron chi connectivity index (χ3n) is 3.64. The minimum absolute atomic E-state index is 0.121. The highest BCUT2D eigenvalue weighted by atomic mass is 16.5. The van der Waals surface area contributed by atoms with Gasteiger partial charge in [-0.1, -0.05) is 0 Å². The maximum atomic E-state index is 11.8. The van der Waals surface area contributed by atoms with Crippen LogP contribution in [-0.2, 0) is 14.3 Å². The summed E-state index contributed by atoms with van der Waals surface area (Å²) in [5.41, 5.74) is 5.62. The first-order valence-corrected chi connectivity index (χ1v) is 6.72. The second-order valence-corrected chi connectivity index (χ2v) is 4.92. The Morgan fingerprint density at radius 2 is 1.94 bits per heavy atom. The Hall–Kier alpha value is -1.10. The zero-order chi connectivity index (χ0) is 13.4. The van der Waals surface area contributed by atoms with Crippen molar-refractivity contribution in [3.05, 3.63) is 0 Å². The standard InChI is InChI=1S/C13H24N2O3/c1-18-12(16)3-2-8-15-13(17)11-6-4-10(9-14)5-7-11/h10-11H,2-9,14H2,1H3,(H,15,17). The zero-order valence-electron chi connectivity index (χ0n) is 11.1. The lowest BCUT2D eigenvalue weighted by molar-refractivity contribution is -0.140. The highest BCUT2D eigenvalue weighted by Crippen LogP contribution is 2.28. The van der Waals surface area contributed by atoms with Crippen molar-refractivity contribution in [3.63, 3.8) is 0 Å². The maximum absolute atomic E-state index is 11.8. The normalized spacial score (nSPS) is 23.4. The van der Waals surface area contributed by atoms with Crippen LogP contribution in [0.15, 0.2) is 0 Å². The molecule has 1 aliphatic carbocycles. The van der Waals surface area contributed by atoms with Gasteiger partial charge >= 0.3 is 5.97 Å². The van der Waals surface area contributed by atoms with E-state index in [9.17, 15) is 9.59 Å². The number of nitrogens with one attached hydrogen (secondary N) is 1. The molecule has 0 heterocycles. The molecule has 0 atom stereocenters. The van der Waals surface area contributed by atoms with Crippen molar-refractivity contribution in [2.24, 2.45) is 17.6 Å². The average Bonchev–Trinajstić information content (AvgIpc) is 2.43. The van der Waals surface area contributed by atoms with E-state index in [1.165, 1.54) is 7.11 Å². The van der Waals surface area contributed by atoms with Crippen molar-refractivity contribution >= 4 is 11.9 Å². The molecule has 5 nitrogen and oxygen atoms in total. The summed E-state index contributed by atoms with van der Waals surface area (Å²) >= 11 is 0. The van der Waals surface area contributed by atoms with Crippen molar-refractivity contribution < 1.29 is 14.3 Å². The summed E-state index contributed by atoms with van der Waals surface area (Å²) in [5.74, 6) is 0.613. The first kappa shape index (κ1) is 15.0. The second-order valence-electron chi connectivity index (χ2n) is 4.92. The Labute approximate surface area is 108 Å². The molecule has 18 heavy (non-hydrogen) atoms. The van der Waals surface area contributed by atoms with Crippen LogP contribution < -0.4 is 11.1 Å². The van der Waals surface area contributed by atoms with Crippen molar-refractivity contribution in [1.29, 1.82) is 0 Å². The molecule has 5 heteroatoms. The number of amides is 1. The second kappa shape index (κ2) is 8.08. The number of nitrogens with two attached hydrogens (primary N) is 1. The molecule has 1 amide bonds. The molecule has 3 N–H and O–H groups in total. The van der Waals surface area contributed by atoms with Crippen LogP contribution in [0.5, 0.6) is 0 Å². The molecule has 1 fully saturated rings. The first-order valence-electron chi connectivity index (χ1n) is 6.72. The van der Waals surface area contributed by atoms with E-state index in [1.54, 1.807) is 0 Å². The quantitative estimate of drug-likeness (QED) is 0.544. The summed E-state index contributed by atoms with van der Waals surface area (Å²) in [7, 11) is 1.37. The summed E-state index contributed by atoms with van der Waals surface area (Å²) in [6.07, 6.45) is 4.97. The molecule has 0 spiro atoms. The highest BCUT2D eigenvalue weighted by molar-refractivity contribution is 5.78. The first-order chi connectivity index (χ1) is 8.67. The van der Waals surface area contributed by atoms with E-state index in [2.05, 4.69) is 10.1 Å². The Bertz CT molecular complexity index is 273. The van der Waals surface area contributed by atoms with Gasteiger partial charge in [-0.15, -0.1) is 0 Å². The summed E-state index contributed by atoms with van der Waals surface area (Å²) in [4.78, 5) is 22.7. The minimum atomic E-state index is -0.229. The van der Waals surface area contributed by atoms with E-state index in [1.807, 2.05) is 0 Å². The molecule has 0 aromatic rings. The van der Waals surface area contributed by atoms with Crippen LogP contribution in [0.2, 0.25) is 0 Å². The van der Waals surface area contributed by atoms with E-state index >= 15 is 0 Å². The lowest BCUT2D eigenvalue weighted by Gasteiger charge is -2.26. The number of carbonyl (C=O) groups excluding carboxylic acids is 2. The van der Waals surface area contributed by atoms with Gasteiger partial charge in [0.25, 0.3) is 0 Å². The summed E-state index contributed by atoms with van der Waals surface area (Å²) < 4.78 is 4.53. The van der Waals surface area contributed by atoms with Gasteiger partial charge in [0, 0.05) is 18.9 Å². The van der Waals surface area contributed by atoms with Crippen LogP contribution >= 0.6 is 0 Å². The number of hydrogen-bond donors (Lipinski definition) is 2. The van der Waals surface area contributed by atoms with Crippen molar-refractivity contribution in [3.8, 4) is 0 Å². The van der Waals surface area contributed by atoms with E-state index in [-0.39, 0.29) is 17.8 Å². The molecular formula is C13H24N2O3. The topological polar surface area (TPSA) is 81.4 Å². The van der Waals surface area contributed by atoms with Crippen LogP contribution in [-0.4, -0.2) is 32.1 Å². The number of rotatable bonds is 6. The molecule has 1 aliphatic rings. The van der Waals surface area contributed by atoms with Crippen LogP contribution in [0, 0.1) is 11.8 Å². The Morgan fingerprint density at radius 3 is 2.50 bits per heavy atom. The SMILES string of the molecule is COC(=O)CCCNC(=O)C1CCC(CN)CC1. The fraction of sp³-hybridized carbons (Fsp3) is 0.846. The molecule has 0 bridgehead atoms. The third kappa shape index (κ3) is 5.04. The molecule has 0 aromatic carbocycles. The minimum Gasteiger partial charge on any atom is -0.469 e. The number of methoxy groups -OCH3 is 1. The van der Waals surface area contributed by atoms with Gasteiger partial charge in [-0.05, 0) is 44.6 Å². The number of carbonyl (C=O) groups is 2. The summed E-state index contributed by atoms with van der Waals surface area (Å²) in [6.45, 7) is 1.28. The highest BCUT2D eigenvalue weighted by Gasteiger charge is 2.25. The van der Waals surface area contributed by atoms with Gasteiger partial charge in [0.05, 0.1) is 7.11 Å². The predicted molar refractivity (Wildman–Crippen MR) is 68.8 cm³/mol. The molecule has 0 radical (unpaired) electrons. The van der Waals surface area contributed by atoms with Crippen LogP contribution in [0.4, 0.5) is 0 Å². The Balaban J connectivity index is 2.12. The van der Waals surface area contributed by atoms with Gasteiger partial charge in [-0.2, -0.15) is 0 Å². The van der Waals surface area contributed by atoms with E-state index in [4.69, 9.17) is 5.73 Å². The van der Waals surface area contributed by atoms with E-state index in [0.717, 1.165) is 32.2 Å². The molecule has 0 aliphatic heterocycles. The molecular weight excluding hydrogens is 232 g/mol. The summed E-state index contributed by atoms with van der Waals surface area (Å²) in [6, 6.07) is 0. The van der Waals surface area contributed by atoms with Crippen LogP contribution in [0.3, 0.4) is 0 Å². The number of hydrogen-bond acceptors (Lipinski definition) is 4. The van der Waals surface area contributed by atoms with Gasteiger partial charge < -0.3 is 15.8 Å². The van der Waals surface area contributed by atoms with Crippen LogP contribution in [0.25, 0.3) is 0 Å². The van der Waals surface area contributed by atoms with Gasteiger partial charge in [-0.25, -0.2) is 0 Å². The number of ether oxygens (including phenoxy) is 1. The monoisotopic (exact) mass is 256 g/mol. The van der Waals surface area contributed by atoms with Gasteiger partial charge in [0.2, 0.25) is 5.91 Å². The van der Waals surface area contributed by atoms with E-state index in [0.29, 0.717) is 25.3 Å². The largest absolute Gasteiger partial charge is 0.469 e. The van der Waals surface area contributed by atoms with Gasteiger partial charge in [0.1, 0.15) is 0 Å². The lowest BCUT2D eigenvalue weighted by Crippen LogP contribution is -2.34. The Kier molecular flexibility index (Phi) is 6.72. The molecule has 1 saturated carbocycles. The molecule has 104 valence electrons. The Morgan fingerprint density at radius 1 is 1.28 bits per heavy atom. The van der Waals surface area contributed by atoms with Gasteiger partial charge in [-0.3, -0.25) is 9.59 Å². The molecule has 0 aromatic heterocycles. The zero-order valence-corrected chi connectivity index (χ0v) is 11.1. The van der Waals surface area contributed by atoms with Crippen molar-refractivity contribution in [2.75, 3.05) is 20.2 Å². The maximum Gasteiger partial charge on any atom is 0.305 e. The van der Waals surface area contributed by atoms with Crippen molar-refractivity contribution in [2.45, 2.75) is 38.5 Å². The van der Waals surface area contributed by atoms with Crippen molar-refractivity contribution in [1.82, 2.24) is 5.32 Å². The van der Waals surface area contributed by atoms with Gasteiger partial charge in [0.15, 0.2) is 0 Å². The molecule has 0 unspecified atom stereocenters. The smallest absolute Gasteiger partial charge is 0.305 e. The fourth-order valence-electron chi connectivity index (χ4n) is 2.35. The predicted octanol–water partition coefficient (Wildman–Crippen LogP) is 0.821. The fourth-order valence-corrected chi connectivity index (χ4v) is 2.35. The number of esters is 1. The third-order valence-corrected chi connectivity index (χ3v) is 3.64. The van der Waals surface area contributed by atoms with E-state index < -0.39 is 0 Å². The van der Waals surface area contributed by atoms with Crippen LogP contribution in [0.1, 0.15) is 38.5 Å². The average molecular weight is 256 g/mol. The lowest BCUT2D eigenvalue weighted by atomic mass is 9.81. The molecule has 0 saturated heterocycles.